The van der Waals surface area contributed by atoms with Crippen LogP contribution in [0.3, 0.4) is 0 Å². The van der Waals surface area contributed by atoms with Crippen molar-refractivity contribution in [1.29, 1.82) is 0 Å². The second kappa shape index (κ2) is 6.66. The summed E-state index contributed by atoms with van der Waals surface area (Å²) in [7, 11) is 0. The fraction of sp³-hybridized carbons (Fsp3) is 0.278. The van der Waals surface area contributed by atoms with Gasteiger partial charge in [-0.1, -0.05) is 23.7 Å². The SMILES string of the molecule is O=C(O)N(c1cccc(C(F)(F)CF)c1)c1cc(Cl)nc2c(C3CC3)cnn12. The minimum atomic E-state index is -3.73. The average Bonchev–Trinajstić information content (AvgIpc) is 3.41. The van der Waals surface area contributed by atoms with E-state index in [1.165, 1.54) is 22.7 Å². The molecule has 28 heavy (non-hydrogen) atoms. The van der Waals surface area contributed by atoms with Crippen LogP contribution in [0.5, 0.6) is 0 Å². The van der Waals surface area contributed by atoms with E-state index in [1.807, 2.05) is 0 Å². The topological polar surface area (TPSA) is 70.7 Å². The molecule has 0 bridgehead atoms. The predicted molar refractivity (Wildman–Crippen MR) is 96.4 cm³/mol. The first kappa shape index (κ1) is 18.5. The van der Waals surface area contributed by atoms with E-state index < -0.39 is 24.3 Å². The molecular formula is C18H14ClF3N4O2. The van der Waals surface area contributed by atoms with Crippen molar-refractivity contribution in [3.8, 4) is 0 Å². The number of anilines is 2. The molecule has 6 nitrogen and oxygen atoms in total. The van der Waals surface area contributed by atoms with Crippen molar-refractivity contribution in [2.75, 3.05) is 11.6 Å². The number of rotatable bonds is 5. The molecule has 0 unspecified atom stereocenters. The molecule has 0 aliphatic heterocycles. The van der Waals surface area contributed by atoms with Gasteiger partial charge >= 0.3 is 12.0 Å². The molecule has 0 radical (unpaired) electrons. The molecule has 2 heterocycles. The van der Waals surface area contributed by atoms with Crippen LogP contribution in [-0.4, -0.2) is 32.5 Å². The Balaban J connectivity index is 1.88. The van der Waals surface area contributed by atoms with Gasteiger partial charge in [-0.2, -0.15) is 18.4 Å². The fourth-order valence-corrected chi connectivity index (χ4v) is 3.24. The smallest absolute Gasteiger partial charge is 0.417 e. The molecular weight excluding hydrogens is 397 g/mol. The number of benzene rings is 1. The average molecular weight is 411 g/mol. The Morgan fingerprint density at radius 2 is 2.11 bits per heavy atom. The predicted octanol–water partition coefficient (Wildman–Crippen LogP) is 5.14. The number of nitrogens with zero attached hydrogens (tertiary/aromatic N) is 4. The van der Waals surface area contributed by atoms with Gasteiger partial charge in [-0.25, -0.2) is 19.1 Å². The second-order valence-corrected chi connectivity index (χ2v) is 6.94. The number of halogens is 4. The Morgan fingerprint density at radius 3 is 2.75 bits per heavy atom. The molecule has 1 saturated carbocycles. The molecule has 3 aromatic rings. The Kier molecular flexibility index (Phi) is 4.41. The maximum atomic E-state index is 13.8. The highest BCUT2D eigenvalue weighted by Gasteiger charge is 2.33. The summed E-state index contributed by atoms with van der Waals surface area (Å²) in [6, 6.07) is 5.82. The lowest BCUT2D eigenvalue weighted by Gasteiger charge is -2.22. The van der Waals surface area contributed by atoms with Crippen molar-refractivity contribution in [3.05, 3.63) is 52.8 Å². The third-order valence-corrected chi connectivity index (χ3v) is 4.77. The summed E-state index contributed by atoms with van der Waals surface area (Å²) in [4.78, 5) is 17.0. The van der Waals surface area contributed by atoms with Gasteiger partial charge in [0.25, 0.3) is 0 Å². The molecule has 1 amide bonds. The largest absolute Gasteiger partial charge is 0.464 e. The van der Waals surface area contributed by atoms with E-state index in [2.05, 4.69) is 10.1 Å². The summed E-state index contributed by atoms with van der Waals surface area (Å²) in [6.07, 6.45) is 2.13. The van der Waals surface area contributed by atoms with Gasteiger partial charge in [-0.15, -0.1) is 0 Å². The molecule has 1 fully saturated rings. The molecule has 0 saturated heterocycles. The van der Waals surface area contributed by atoms with Crippen LogP contribution in [-0.2, 0) is 5.92 Å². The number of hydrogen-bond donors (Lipinski definition) is 1. The van der Waals surface area contributed by atoms with Gasteiger partial charge < -0.3 is 5.11 Å². The van der Waals surface area contributed by atoms with Crippen LogP contribution in [0.25, 0.3) is 5.65 Å². The highest BCUT2D eigenvalue weighted by Crippen LogP contribution is 2.42. The number of carboxylic acid groups (broad SMARTS) is 1. The molecule has 146 valence electrons. The lowest BCUT2D eigenvalue weighted by Crippen LogP contribution is -2.27. The van der Waals surface area contributed by atoms with Crippen LogP contribution >= 0.6 is 11.6 Å². The van der Waals surface area contributed by atoms with Crippen molar-refractivity contribution < 1.29 is 23.1 Å². The Morgan fingerprint density at radius 1 is 1.36 bits per heavy atom. The Labute approximate surface area is 162 Å². The minimum absolute atomic E-state index is 0.0233. The van der Waals surface area contributed by atoms with Gasteiger partial charge in [0.2, 0.25) is 0 Å². The molecule has 4 rings (SSSR count). The molecule has 1 aromatic carbocycles. The summed E-state index contributed by atoms with van der Waals surface area (Å²) in [5, 5.41) is 14.0. The third kappa shape index (κ3) is 3.15. The van der Waals surface area contributed by atoms with E-state index in [0.29, 0.717) is 11.6 Å². The van der Waals surface area contributed by atoms with Crippen molar-refractivity contribution in [2.45, 2.75) is 24.7 Å². The van der Waals surface area contributed by atoms with E-state index in [0.717, 1.165) is 35.4 Å². The Bertz CT molecular complexity index is 1070. The lowest BCUT2D eigenvalue weighted by molar-refractivity contribution is -0.0280. The number of carbonyl (C=O) groups is 1. The monoisotopic (exact) mass is 410 g/mol. The summed E-state index contributed by atoms with van der Waals surface area (Å²) < 4.78 is 41.5. The maximum absolute atomic E-state index is 13.8. The number of amides is 1. The maximum Gasteiger partial charge on any atom is 0.417 e. The molecule has 1 aliphatic carbocycles. The van der Waals surface area contributed by atoms with Crippen molar-refractivity contribution in [2.24, 2.45) is 0 Å². The number of alkyl halides is 3. The van der Waals surface area contributed by atoms with E-state index in [1.54, 1.807) is 6.20 Å². The van der Waals surface area contributed by atoms with Crippen molar-refractivity contribution in [3.63, 3.8) is 0 Å². The summed E-state index contributed by atoms with van der Waals surface area (Å²) in [6.45, 7) is -1.89. The first-order valence-corrected chi connectivity index (χ1v) is 8.81. The molecule has 1 aliphatic rings. The number of aromatic nitrogens is 3. The normalized spacial score (nSPS) is 14.4. The molecule has 0 spiro atoms. The third-order valence-electron chi connectivity index (χ3n) is 4.58. The first-order valence-electron chi connectivity index (χ1n) is 8.43. The van der Waals surface area contributed by atoms with Crippen LogP contribution in [0.1, 0.15) is 29.9 Å². The number of hydrogen-bond acceptors (Lipinski definition) is 3. The van der Waals surface area contributed by atoms with E-state index >= 15 is 0 Å². The number of fused-ring (bicyclic) bond motifs is 1. The summed E-state index contributed by atoms with van der Waals surface area (Å²) >= 11 is 6.10. The van der Waals surface area contributed by atoms with Gasteiger partial charge in [0.15, 0.2) is 12.3 Å². The molecule has 2 aromatic heterocycles. The lowest BCUT2D eigenvalue weighted by atomic mass is 10.1. The van der Waals surface area contributed by atoms with Gasteiger partial charge in [0, 0.05) is 17.2 Å². The molecule has 1 N–H and O–H groups in total. The van der Waals surface area contributed by atoms with Crippen molar-refractivity contribution >= 4 is 34.8 Å². The minimum Gasteiger partial charge on any atom is -0.464 e. The van der Waals surface area contributed by atoms with Gasteiger partial charge in [-0.3, -0.25) is 0 Å². The van der Waals surface area contributed by atoms with Crippen LogP contribution in [0, 0.1) is 0 Å². The van der Waals surface area contributed by atoms with Gasteiger partial charge in [0.1, 0.15) is 11.0 Å². The second-order valence-electron chi connectivity index (χ2n) is 6.55. The standard InChI is InChI=1S/C18H14ClF3N4O2/c19-14-7-15(26-16(24-14)13(8-23-26)10-4-5-10)25(17(27)28)12-3-1-2-11(6-12)18(21,22)9-20/h1-3,6-8,10H,4-5,9H2,(H,27,28). The first-order chi connectivity index (χ1) is 13.3. The van der Waals surface area contributed by atoms with Crippen molar-refractivity contribution in [1.82, 2.24) is 14.6 Å². The van der Waals surface area contributed by atoms with Gasteiger partial charge in [-0.05, 0) is 30.9 Å². The summed E-state index contributed by atoms with van der Waals surface area (Å²) in [5.74, 6) is -3.41. The summed E-state index contributed by atoms with van der Waals surface area (Å²) in [5.41, 5.74) is 0.549. The zero-order valence-corrected chi connectivity index (χ0v) is 15.1. The van der Waals surface area contributed by atoms with Crippen LogP contribution in [0.15, 0.2) is 36.5 Å². The highest BCUT2D eigenvalue weighted by atomic mass is 35.5. The Hall–Kier alpha value is -2.81. The molecule has 10 heteroatoms. The van der Waals surface area contributed by atoms with E-state index in [-0.39, 0.29) is 16.7 Å². The van der Waals surface area contributed by atoms with Crippen LogP contribution < -0.4 is 4.90 Å². The van der Waals surface area contributed by atoms with E-state index in [9.17, 15) is 23.1 Å². The highest BCUT2D eigenvalue weighted by molar-refractivity contribution is 6.29. The fourth-order valence-electron chi connectivity index (χ4n) is 3.07. The quantitative estimate of drug-likeness (QED) is 0.591. The van der Waals surface area contributed by atoms with Crippen LogP contribution in [0.4, 0.5) is 29.5 Å². The molecule has 0 atom stereocenters. The zero-order chi connectivity index (χ0) is 20.1. The zero-order valence-electron chi connectivity index (χ0n) is 14.3. The van der Waals surface area contributed by atoms with Crippen LogP contribution in [0.2, 0.25) is 5.15 Å². The van der Waals surface area contributed by atoms with E-state index in [4.69, 9.17) is 11.6 Å². The van der Waals surface area contributed by atoms with Gasteiger partial charge in [0.05, 0.1) is 11.9 Å².